The van der Waals surface area contributed by atoms with Crippen LogP contribution in [0.15, 0.2) is 35.4 Å². The molecule has 38 heavy (non-hydrogen) atoms. The van der Waals surface area contributed by atoms with Gasteiger partial charge in [0.2, 0.25) is 0 Å². The molecule has 0 amide bonds. The largest absolute Gasteiger partial charge is 0.308 e. The lowest BCUT2D eigenvalue weighted by atomic mass is 9.70. The number of Topliss-reactive ketones (excluding diaryl/α,β-unsaturated/α-hetero) is 2. The minimum Gasteiger partial charge on any atom is -0.308 e. The molecule has 4 fully saturated rings. The summed E-state index contributed by atoms with van der Waals surface area (Å²) in [6.07, 6.45) is 6.00. The number of carbonyl (C=O) groups is 2. The molecule has 5 rings (SSSR count). The Bertz CT molecular complexity index is 1380. The first-order chi connectivity index (χ1) is 17.3. The third-order valence-electron chi connectivity index (χ3n) is 10.5. The van der Waals surface area contributed by atoms with Crippen LogP contribution in [0.3, 0.4) is 0 Å². The van der Waals surface area contributed by atoms with Gasteiger partial charge in [0, 0.05) is 11.1 Å². The first-order valence-corrected chi connectivity index (χ1v) is 16.2. The van der Waals surface area contributed by atoms with Crippen molar-refractivity contribution in [3.8, 4) is 0 Å². The van der Waals surface area contributed by atoms with E-state index >= 15 is 0 Å². The average Bonchev–Trinajstić information content (AvgIpc) is 3.27. The van der Waals surface area contributed by atoms with Crippen LogP contribution >= 0.6 is 10.9 Å². The Labute approximate surface area is 225 Å². The zero-order valence-electron chi connectivity index (χ0n) is 22.1. The van der Waals surface area contributed by atoms with Crippen LogP contribution in [-0.4, -0.2) is 49.7 Å². The van der Waals surface area contributed by atoms with Gasteiger partial charge in [-0.25, -0.2) is 0 Å². The Hall–Kier alpha value is -1.82. The van der Waals surface area contributed by atoms with Gasteiger partial charge in [-0.2, -0.15) is 8.42 Å². The Morgan fingerprint density at radius 1 is 0.737 bits per heavy atom. The lowest BCUT2D eigenvalue weighted by molar-refractivity contribution is -0.126. The van der Waals surface area contributed by atoms with Crippen LogP contribution in [0.1, 0.15) is 64.5 Å². The lowest BCUT2D eigenvalue weighted by Gasteiger charge is -2.39. The van der Waals surface area contributed by atoms with E-state index in [2.05, 4.69) is 0 Å². The number of hydrogen-bond donors (Lipinski definition) is 4. The standard InChI is InChI=1S/C28H36O8S2/c1-25(2)21-9-11-27(25,15-37(31,32)33)23(29)19(21)13-17-5-7-18(8-6-17)14-20-22-10-12-28(24(20)30,26(22,3)4)16-38(34,35)36/h5-8,13-14,21-22,31-33H,9-12,15-16H2,1-4H3,(H,34,35,36)/b19-13-,20-14-. The van der Waals surface area contributed by atoms with Crippen LogP contribution < -0.4 is 0 Å². The predicted molar refractivity (Wildman–Crippen MR) is 147 cm³/mol. The Morgan fingerprint density at radius 2 is 1.11 bits per heavy atom. The number of rotatable bonds is 6. The fourth-order valence-electron chi connectivity index (χ4n) is 8.25. The van der Waals surface area contributed by atoms with Crippen molar-refractivity contribution < 1.29 is 36.2 Å². The van der Waals surface area contributed by atoms with E-state index in [0.29, 0.717) is 30.4 Å². The molecule has 1 aromatic carbocycles. The molecule has 0 saturated heterocycles. The number of fused-ring (bicyclic) bond motifs is 4. The van der Waals surface area contributed by atoms with E-state index in [9.17, 15) is 36.2 Å². The summed E-state index contributed by atoms with van der Waals surface area (Å²) in [5, 5.41) is 0. The van der Waals surface area contributed by atoms with Gasteiger partial charge in [-0.3, -0.25) is 14.1 Å². The van der Waals surface area contributed by atoms with Crippen LogP contribution in [0.2, 0.25) is 0 Å². The molecule has 4 saturated carbocycles. The minimum atomic E-state index is -4.32. The van der Waals surface area contributed by atoms with E-state index < -0.39 is 48.4 Å². The highest BCUT2D eigenvalue weighted by Crippen LogP contribution is 2.69. The van der Waals surface area contributed by atoms with Gasteiger partial charge < -0.3 is 13.7 Å². The third-order valence-corrected chi connectivity index (χ3v) is 12.3. The Morgan fingerprint density at radius 3 is 1.45 bits per heavy atom. The fourth-order valence-corrected chi connectivity index (χ4v) is 10.8. The van der Waals surface area contributed by atoms with Crippen molar-refractivity contribution in [1.29, 1.82) is 0 Å². The Kier molecular flexibility index (Phi) is 6.09. The highest BCUT2D eigenvalue weighted by atomic mass is 32.3. The molecule has 4 atom stereocenters. The summed E-state index contributed by atoms with van der Waals surface area (Å²) in [6.45, 7) is 7.71. The maximum atomic E-state index is 13.5. The monoisotopic (exact) mass is 564 g/mol. The van der Waals surface area contributed by atoms with Gasteiger partial charge in [0.25, 0.3) is 10.1 Å². The van der Waals surface area contributed by atoms with E-state index in [4.69, 9.17) is 0 Å². The topological polar surface area (TPSA) is 149 Å². The normalized spacial score (nSPS) is 36.1. The highest BCUT2D eigenvalue weighted by Gasteiger charge is 2.68. The molecule has 4 aliphatic carbocycles. The van der Waals surface area contributed by atoms with Gasteiger partial charge in [0.1, 0.15) is 0 Å². The molecule has 4 aliphatic rings. The zero-order chi connectivity index (χ0) is 28.1. The number of hydrogen-bond acceptors (Lipinski definition) is 7. The molecule has 0 spiro atoms. The van der Waals surface area contributed by atoms with Gasteiger partial charge in [-0.05, 0) is 71.6 Å². The second kappa shape index (κ2) is 8.34. The molecule has 4 N–H and O–H groups in total. The van der Waals surface area contributed by atoms with Crippen molar-refractivity contribution in [3.05, 3.63) is 46.5 Å². The van der Waals surface area contributed by atoms with Crippen molar-refractivity contribution in [3.63, 3.8) is 0 Å². The highest BCUT2D eigenvalue weighted by molar-refractivity contribution is 8.19. The van der Waals surface area contributed by atoms with Crippen molar-refractivity contribution >= 4 is 44.7 Å². The summed E-state index contributed by atoms with van der Waals surface area (Å²) < 4.78 is 62.4. The Balaban J connectivity index is 1.43. The molecule has 4 unspecified atom stereocenters. The molecular weight excluding hydrogens is 528 g/mol. The first-order valence-electron chi connectivity index (χ1n) is 12.9. The summed E-state index contributed by atoms with van der Waals surface area (Å²) in [6, 6.07) is 7.41. The van der Waals surface area contributed by atoms with E-state index in [1.165, 1.54) is 0 Å². The summed E-state index contributed by atoms with van der Waals surface area (Å²) in [4.78, 5) is 26.9. The van der Waals surface area contributed by atoms with Gasteiger partial charge >= 0.3 is 0 Å². The molecule has 10 heteroatoms. The number of ketones is 2. The third kappa shape index (κ3) is 3.90. The molecule has 0 aromatic heterocycles. The molecule has 0 radical (unpaired) electrons. The maximum Gasteiger partial charge on any atom is 0.265 e. The van der Waals surface area contributed by atoms with E-state index in [-0.39, 0.29) is 29.2 Å². The molecule has 0 aliphatic heterocycles. The first kappa shape index (κ1) is 27.7. The van der Waals surface area contributed by atoms with Crippen LogP contribution in [0.5, 0.6) is 0 Å². The SMILES string of the molecule is CC1(C)C2CCC1(CS(O)(O)O)C(=O)/C2=C\c1ccc(/C=C2\C(=O)C3(CS(=O)(=O)O)CCC2C3(C)C)cc1. The van der Waals surface area contributed by atoms with Crippen LogP contribution in [0.25, 0.3) is 12.2 Å². The van der Waals surface area contributed by atoms with Crippen molar-refractivity contribution in [2.45, 2.75) is 53.4 Å². The van der Waals surface area contributed by atoms with E-state index in [1.807, 2.05) is 64.1 Å². The lowest BCUT2D eigenvalue weighted by Crippen LogP contribution is -2.42. The average molecular weight is 565 g/mol. The fraction of sp³-hybridized carbons (Fsp3) is 0.571. The summed E-state index contributed by atoms with van der Waals surface area (Å²) in [5.41, 5.74) is -0.424. The second-order valence-corrected chi connectivity index (χ2v) is 15.8. The minimum absolute atomic E-state index is 0.0496. The number of benzene rings is 1. The van der Waals surface area contributed by atoms with Crippen molar-refractivity contribution in [2.75, 3.05) is 11.5 Å². The summed E-state index contributed by atoms with van der Waals surface area (Å²) in [7, 11) is -8.15. The molecule has 4 bridgehead atoms. The van der Waals surface area contributed by atoms with Crippen LogP contribution in [0, 0.1) is 33.5 Å². The molecule has 0 heterocycles. The second-order valence-electron chi connectivity index (χ2n) is 12.8. The smallest absolute Gasteiger partial charge is 0.265 e. The maximum absolute atomic E-state index is 13.5. The molecule has 8 nitrogen and oxygen atoms in total. The van der Waals surface area contributed by atoms with Gasteiger partial charge in [-0.15, -0.1) is 0 Å². The molecular formula is C28H36O8S2. The van der Waals surface area contributed by atoms with Gasteiger partial charge in [0.05, 0.1) is 33.2 Å². The summed E-state index contributed by atoms with van der Waals surface area (Å²) >= 11 is 0. The van der Waals surface area contributed by atoms with Crippen molar-refractivity contribution in [1.82, 2.24) is 0 Å². The van der Waals surface area contributed by atoms with E-state index in [1.54, 1.807) is 0 Å². The van der Waals surface area contributed by atoms with Crippen LogP contribution in [0.4, 0.5) is 0 Å². The quantitative estimate of drug-likeness (QED) is 0.259. The molecule has 208 valence electrons. The predicted octanol–water partition coefficient (Wildman–Crippen LogP) is 5.58. The van der Waals surface area contributed by atoms with Crippen LogP contribution in [-0.2, 0) is 19.7 Å². The molecule has 1 aromatic rings. The van der Waals surface area contributed by atoms with Gasteiger partial charge in [-0.1, -0.05) is 52.0 Å². The summed E-state index contributed by atoms with van der Waals surface area (Å²) in [5.74, 6) is -1.41. The van der Waals surface area contributed by atoms with E-state index in [0.717, 1.165) is 17.5 Å². The van der Waals surface area contributed by atoms with Crippen molar-refractivity contribution in [2.24, 2.45) is 33.5 Å². The number of allylic oxidation sites excluding steroid dienone is 2. The number of carbonyl (C=O) groups excluding carboxylic acids is 2. The zero-order valence-corrected chi connectivity index (χ0v) is 23.7. The van der Waals surface area contributed by atoms with Gasteiger partial charge in [0.15, 0.2) is 11.6 Å².